The molecule has 19 heavy (non-hydrogen) atoms. The Morgan fingerprint density at radius 1 is 0.947 bits per heavy atom. The number of aliphatic hydroxyl groups is 1. The summed E-state index contributed by atoms with van der Waals surface area (Å²) in [5.74, 6) is 0.498. The molecule has 0 saturated carbocycles. The largest absolute Gasteiger partial charge is 0.458 e. The fourth-order valence-electron chi connectivity index (χ4n) is 2.18. The first-order valence-electron chi connectivity index (χ1n) is 6.23. The van der Waals surface area contributed by atoms with E-state index in [0.29, 0.717) is 5.76 Å². The van der Waals surface area contributed by atoms with Crippen LogP contribution in [0.4, 0.5) is 0 Å². The van der Waals surface area contributed by atoms with Crippen molar-refractivity contribution in [2.75, 3.05) is 0 Å². The van der Waals surface area contributed by atoms with Crippen LogP contribution in [0.1, 0.15) is 23.5 Å². The SMILES string of the molecule is NC(c1ccccc1)C(O)c1cc2ccccc2o1. The van der Waals surface area contributed by atoms with Gasteiger partial charge in [-0.25, -0.2) is 0 Å². The van der Waals surface area contributed by atoms with Crippen LogP contribution in [0.25, 0.3) is 11.0 Å². The highest BCUT2D eigenvalue weighted by molar-refractivity contribution is 5.77. The van der Waals surface area contributed by atoms with Crippen LogP contribution in [0.3, 0.4) is 0 Å². The Labute approximate surface area is 111 Å². The molecule has 3 nitrogen and oxygen atoms in total. The summed E-state index contributed by atoms with van der Waals surface area (Å²) in [6.45, 7) is 0. The molecule has 0 bridgehead atoms. The molecular weight excluding hydrogens is 238 g/mol. The highest BCUT2D eigenvalue weighted by Gasteiger charge is 2.22. The lowest BCUT2D eigenvalue weighted by Gasteiger charge is -2.17. The molecule has 0 saturated heterocycles. The monoisotopic (exact) mass is 253 g/mol. The van der Waals surface area contributed by atoms with Gasteiger partial charge in [0.2, 0.25) is 0 Å². The molecule has 2 atom stereocenters. The molecule has 3 rings (SSSR count). The quantitative estimate of drug-likeness (QED) is 0.753. The minimum atomic E-state index is -0.852. The number of para-hydroxylation sites is 1. The summed E-state index contributed by atoms with van der Waals surface area (Å²) < 4.78 is 5.64. The Morgan fingerprint density at radius 3 is 2.37 bits per heavy atom. The standard InChI is InChI=1S/C16H15NO2/c17-15(11-6-2-1-3-7-11)16(18)14-10-12-8-4-5-9-13(12)19-14/h1-10,15-16,18H,17H2. The molecule has 3 N–H and O–H groups in total. The summed E-state index contributed by atoms with van der Waals surface area (Å²) in [5.41, 5.74) is 7.73. The van der Waals surface area contributed by atoms with E-state index in [0.717, 1.165) is 16.5 Å². The molecule has 0 aliphatic rings. The average molecular weight is 253 g/mol. The second kappa shape index (κ2) is 4.88. The third-order valence-electron chi connectivity index (χ3n) is 3.26. The molecule has 2 unspecified atom stereocenters. The zero-order chi connectivity index (χ0) is 13.2. The number of furan rings is 1. The lowest BCUT2D eigenvalue weighted by molar-refractivity contribution is 0.123. The van der Waals surface area contributed by atoms with Crippen molar-refractivity contribution in [2.45, 2.75) is 12.1 Å². The van der Waals surface area contributed by atoms with Crippen molar-refractivity contribution in [1.82, 2.24) is 0 Å². The van der Waals surface area contributed by atoms with Gasteiger partial charge in [-0.05, 0) is 17.7 Å². The Bertz CT molecular complexity index is 642. The van der Waals surface area contributed by atoms with Crippen molar-refractivity contribution in [1.29, 1.82) is 0 Å². The van der Waals surface area contributed by atoms with Gasteiger partial charge in [0, 0.05) is 5.39 Å². The van der Waals surface area contributed by atoms with E-state index in [4.69, 9.17) is 10.2 Å². The lowest BCUT2D eigenvalue weighted by Crippen LogP contribution is -2.19. The van der Waals surface area contributed by atoms with Crippen LogP contribution >= 0.6 is 0 Å². The maximum Gasteiger partial charge on any atom is 0.135 e. The third-order valence-corrected chi connectivity index (χ3v) is 3.26. The number of rotatable bonds is 3. The van der Waals surface area contributed by atoms with Crippen LogP contribution in [-0.4, -0.2) is 5.11 Å². The highest BCUT2D eigenvalue weighted by atomic mass is 16.4. The number of aliphatic hydroxyl groups excluding tert-OH is 1. The van der Waals surface area contributed by atoms with Gasteiger partial charge in [-0.2, -0.15) is 0 Å². The first-order chi connectivity index (χ1) is 9.25. The second-order valence-electron chi connectivity index (χ2n) is 4.57. The van der Waals surface area contributed by atoms with E-state index >= 15 is 0 Å². The number of hydrogen-bond donors (Lipinski definition) is 2. The van der Waals surface area contributed by atoms with Crippen molar-refractivity contribution in [2.24, 2.45) is 5.73 Å². The predicted octanol–water partition coefficient (Wildman–Crippen LogP) is 3.17. The molecule has 3 aromatic rings. The fraction of sp³-hybridized carbons (Fsp3) is 0.125. The van der Waals surface area contributed by atoms with Gasteiger partial charge in [-0.1, -0.05) is 48.5 Å². The molecule has 0 spiro atoms. The van der Waals surface area contributed by atoms with Crippen LogP contribution < -0.4 is 5.73 Å². The van der Waals surface area contributed by atoms with Gasteiger partial charge in [0.1, 0.15) is 17.4 Å². The van der Waals surface area contributed by atoms with Gasteiger partial charge >= 0.3 is 0 Å². The Hall–Kier alpha value is -2.10. The van der Waals surface area contributed by atoms with Crippen LogP contribution in [0.15, 0.2) is 65.1 Å². The van der Waals surface area contributed by atoms with Crippen LogP contribution in [-0.2, 0) is 0 Å². The van der Waals surface area contributed by atoms with Gasteiger partial charge in [0.15, 0.2) is 0 Å². The van der Waals surface area contributed by atoms with Gasteiger partial charge < -0.3 is 15.3 Å². The van der Waals surface area contributed by atoms with Gasteiger partial charge in [0.05, 0.1) is 6.04 Å². The molecule has 0 fully saturated rings. The summed E-state index contributed by atoms with van der Waals surface area (Å²) >= 11 is 0. The smallest absolute Gasteiger partial charge is 0.135 e. The Balaban J connectivity index is 1.93. The van der Waals surface area contributed by atoms with Crippen LogP contribution in [0.5, 0.6) is 0 Å². The van der Waals surface area contributed by atoms with Crippen molar-refractivity contribution >= 4 is 11.0 Å². The molecule has 0 aliphatic heterocycles. The summed E-state index contributed by atoms with van der Waals surface area (Å²) in [5, 5.41) is 11.3. The van der Waals surface area contributed by atoms with E-state index in [1.165, 1.54) is 0 Å². The summed E-state index contributed by atoms with van der Waals surface area (Å²) in [6.07, 6.45) is -0.852. The summed E-state index contributed by atoms with van der Waals surface area (Å²) in [7, 11) is 0. The maximum atomic E-state index is 10.3. The molecule has 1 aromatic heterocycles. The van der Waals surface area contributed by atoms with Crippen molar-refractivity contribution < 1.29 is 9.52 Å². The normalized spacial score (nSPS) is 14.4. The van der Waals surface area contributed by atoms with E-state index < -0.39 is 12.1 Å². The van der Waals surface area contributed by atoms with E-state index in [1.807, 2.05) is 60.7 Å². The minimum absolute atomic E-state index is 0.498. The van der Waals surface area contributed by atoms with E-state index in [9.17, 15) is 5.11 Å². The molecule has 0 amide bonds. The topological polar surface area (TPSA) is 59.4 Å². The number of hydrogen-bond acceptors (Lipinski definition) is 3. The van der Waals surface area contributed by atoms with Crippen molar-refractivity contribution in [3.63, 3.8) is 0 Å². The molecular formula is C16H15NO2. The fourth-order valence-corrected chi connectivity index (χ4v) is 2.18. The molecule has 2 aromatic carbocycles. The first kappa shape index (κ1) is 12.0. The lowest BCUT2D eigenvalue weighted by atomic mass is 10.0. The zero-order valence-corrected chi connectivity index (χ0v) is 10.4. The van der Waals surface area contributed by atoms with Crippen molar-refractivity contribution in [3.8, 4) is 0 Å². The number of benzene rings is 2. The predicted molar refractivity (Wildman–Crippen MR) is 74.5 cm³/mol. The van der Waals surface area contributed by atoms with E-state index in [2.05, 4.69) is 0 Å². The zero-order valence-electron chi connectivity index (χ0n) is 10.4. The Morgan fingerprint density at radius 2 is 1.63 bits per heavy atom. The van der Waals surface area contributed by atoms with Crippen molar-refractivity contribution in [3.05, 3.63) is 72.0 Å². The summed E-state index contributed by atoms with van der Waals surface area (Å²) in [6, 6.07) is 18.5. The van der Waals surface area contributed by atoms with Crippen LogP contribution in [0.2, 0.25) is 0 Å². The highest BCUT2D eigenvalue weighted by Crippen LogP contribution is 2.30. The van der Waals surface area contributed by atoms with Gasteiger partial charge in [0.25, 0.3) is 0 Å². The molecule has 0 radical (unpaired) electrons. The number of fused-ring (bicyclic) bond motifs is 1. The molecule has 0 aliphatic carbocycles. The maximum absolute atomic E-state index is 10.3. The molecule has 1 heterocycles. The third kappa shape index (κ3) is 2.26. The molecule has 3 heteroatoms. The number of nitrogens with two attached hydrogens (primary N) is 1. The van der Waals surface area contributed by atoms with E-state index in [1.54, 1.807) is 0 Å². The first-order valence-corrected chi connectivity index (χ1v) is 6.23. The average Bonchev–Trinajstić information content (AvgIpc) is 2.90. The van der Waals surface area contributed by atoms with Gasteiger partial charge in [-0.3, -0.25) is 0 Å². The van der Waals surface area contributed by atoms with Crippen LogP contribution in [0, 0.1) is 0 Å². The molecule has 96 valence electrons. The summed E-state index contributed by atoms with van der Waals surface area (Å²) in [4.78, 5) is 0. The van der Waals surface area contributed by atoms with E-state index in [-0.39, 0.29) is 0 Å². The van der Waals surface area contributed by atoms with Gasteiger partial charge in [-0.15, -0.1) is 0 Å². The minimum Gasteiger partial charge on any atom is -0.458 e. The Kier molecular flexibility index (Phi) is 3.07. The second-order valence-corrected chi connectivity index (χ2v) is 4.57.